The normalized spacial score (nSPS) is 11.3. The highest BCUT2D eigenvalue weighted by Gasteiger charge is 2.12. The molecule has 0 N–H and O–H groups in total. The summed E-state index contributed by atoms with van der Waals surface area (Å²) in [6, 6.07) is 16.1. The predicted octanol–water partition coefficient (Wildman–Crippen LogP) is 3.91. The molecule has 0 fully saturated rings. The Labute approximate surface area is 140 Å². The van der Waals surface area contributed by atoms with Gasteiger partial charge in [-0.05, 0) is 38.4 Å². The predicted molar refractivity (Wildman–Crippen MR) is 97.7 cm³/mol. The van der Waals surface area contributed by atoms with Crippen LogP contribution in [0.15, 0.2) is 48.5 Å². The quantitative estimate of drug-likeness (QED) is 0.730. The minimum absolute atomic E-state index is 0.120. The molecule has 0 bridgehead atoms. The van der Waals surface area contributed by atoms with E-state index in [0.29, 0.717) is 6.42 Å². The van der Waals surface area contributed by atoms with E-state index in [-0.39, 0.29) is 5.91 Å². The van der Waals surface area contributed by atoms with Gasteiger partial charge in [0.2, 0.25) is 5.91 Å². The molecule has 120 valence electrons. The van der Waals surface area contributed by atoms with Crippen LogP contribution in [-0.2, 0) is 7.05 Å². The third-order valence-electron chi connectivity index (χ3n) is 3.83. The van der Waals surface area contributed by atoms with Gasteiger partial charge in [-0.15, -0.1) is 0 Å². The van der Waals surface area contributed by atoms with Gasteiger partial charge in [-0.25, -0.2) is 0 Å². The highest BCUT2D eigenvalue weighted by atomic mass is 32.1. The Kier molecular flexibility index (Phi) is 4.50. The zero-order valence-electron chi connectivity index (χ0n) is 13.7. The van der Waals surface area contributed by atoms with Crippen molar-refractivity contribution in [3.63, 3.8) is 0 Å². The minimum Gasteiger partial charge on any atom is -0.309 e. The van der Waals surface area contributed by atoms with Crippen LogP contribution < -0.4 is 0 Å². The Bertz CT molecular complexity index is 899. The number of para-hydroxylation sites is 3. The van der Waals surface area contributed by atoms with Gasteiger partial charge < -0.3 is 4.90 Å². The largest absolute Gasteiger partial charge is 0.309 e. The van der Waals surface area contributed by atoms with E-state index in [1.165, 1.54) is 0 Å². The van der Waals surface area contributed by atoms with Crippen LogP contribution in [0.2, 0.25) is 0 Å². The van der Waals surface area contributed by atoms with Gasteiger partial charge in [-0.2, -0.15) is 0 Å². The van der Waals surface area contributed by atoms with Crippen LogP contribution in [-0.4, -0.2) is 40.0 Å². The Morgan fingerprint density at radius 3 is 2.30 bits per heavy atom. The summed E-state index contributed by atoms with van der Waals surface area (Å²) in [6.45, 7) is 0.739. The van der Waals surface area contributed by atoms with Gasteiger partial charge in [0.15, 0.2) is 0 Å². The van der Waals surface area contributed by atoms with E-state index in [9.17, 15) is 4.79 Å². The van der Waals surface area contributed by atoms with Gasteiger partial charge in [0.25, 0.3) is 0 Å². The van der Waals surface area contributed by atoms with Gasteiger partial charge in [0.05, 0.1) is 21.3 Å². The summed E-state index contributed by atoms with van der Waals surface area (Å²) in [5.41, 5.74) is 2.95. The van der Waals surface area contributed by atoms with Gasteiger partial charge in [-0.1, -0.05) is 35.8 Å². The number of nitrogens with zero attached hydrogens (tertiary/aromatic N) is 3. The molecule has 2 aromatic carbocycles. The maximum absolute atomic E-state index is 13.0. The van der Waals surface area contributed by atoms with Crippen LogP contribution >= 0.6 is 11.5 Å². The molecule has 0 saturated carbocycles. The van der Waals surface area contributed by atoms with E-state index < -0.39 is 0 Å². The molecule has 0 atom stereocenters. The van der Waals surface area contributed by atoms with Crippen molar-refractivity contribution >= 4 is 38.7 Å². The van der Waals surface area contributed by atoms with Crippen LogP contribution in [0.25, 0.3) is 21.3 Å². The molecule has 3 rings (SSSR count). The average Bonchev–Trinajstić information content (AvgIpc) is 2.67. The average molecular weight is 327 g/mol. The van der Waals surface area contributed by atoms with Crippen LogP contribution in [0.3, 0.4) is 0 Å². The summed E-state index contributed by atoms with van der Waals surface area (Å²) < 4.78 is 5.07. The summed E-state index contributed by atoms with van der Waals surface area (Å²) in [5.74, 6) is 0.120. The van der Waals surface area contributed by atoms with Crippen molar-refractivity contribution in [2.75, 3.05) is 20.6 Å². The van der Waals surface area contributed by atoms with E-state index in [2.05, 4.69) is 16.1 Å². The minimum atomic E-state index is 0.120. The first-order valence-corrected chi connectivity index (χ1v) is 8.42. The molecule has 0 radical (unpaired) electrons. The molecule has 5 heteroatoms. The lowest BCUT2D eigenvalue weighted by molar-refractivity contribution is 0.0902. The Morgan fingerprint density at radius 2 is 1.61 bits per heavy atom. The fourth-order valence-electron chi connectivity index (χ4n) is 2.66. The van der Waals surface area contributed by atoms with E-state index in [1.54, 1.807) is 11.5 Å². The van der Waals surface area contributed by atoms with Gasteiger partial charge >= 0.3 is 0 Å². The van der Waals surface area contributed by atoms with E-state index in [1.807, 2.05) is 67.0 Å². The Morgan fingerprint density at radius 1 is 1.00 bits per heavy atom. The van der Waals surface area contributed by atoms with Crippen molar-refractivity contribution in [3.05, 3.63) is 48.5 Å². The number of hydrogen-bond donors (Lipinski definition) is 0. The topological polar surface area (TPSA) is 30.2 Å². The van der Waals surface area contributed by atoms with Gasteiger partial charge in [0, 0.05) is 20.0 Å². The first kappa shape index (κ1) is 15.8. The second-order valence-corrected chi connectivity index (χ2v) is 7.00. The first-order valence-electron chi connectivity index (χ1n) is 7.65. The molecule has 0 aliphatic heterocycles. The van der Waals surface area contributed by atoms with Crippen molar-refractivity contribution < 1.29 is 4.79 Å². The number of benzene rings is 2. The molecular formula is C18H21N3OS. The number of aryl methyl sites for hydroxylation is 1. The fraction of sp³-hybridized carbons (Fsp3) is 0.278. The van der Waals surface area contributed by atoms with Crippen LogP contribution in [0, 0.1) is 0 Å². The maximum atomic E-state index is 13.0. The number of carbonyl (C=O) groups is 1. The Balaban J connectivity index is 2.35. The van der Waals surface area contributed by atoms with E-state index in [4.69, 9.17) is 0 Å². The van der Waals surface area contributed by atoms with Gasteiger partial charge in [-0.3, -0.25) is 13.3 Å². The second-order valence-electron chi connectivity index (χ2n) is 5.83. The number of hydrogen-bond acceptors (Lipinski definition) is 3. The number of rotatable bonds is 3. The van der Waals surface area contributed by atoms with Crippen LogP contribution in [0.5, 0.6) is 0 Å². The lowest BCUT2D eigenvalue weighted by atomic mass is 10.2. The molecule has 0 saturated heterocycles. The zero-order valence-corrected chi connectivity index (χ0v) is 14.5. The van der Waals surface area contributed by atoms with Crippen molar-refractivity contribution in [2.45, 2.75) is 6.42 Å². The first-order chi connectivity index (χ1) is 11.1. The Hall–Kier alpha value is -2.11. The smallest absolute Gasteiger partial charge is 0.232 e. The highest BCUT2D eigenvalue weighted by molar-refractivity contribution is 7.13. The fourth-order valence-corrected chi connectivity index (χ4v) is 3.60. The molecule has 0 unspecified atom stereocenters. The molecule has 1 heterocycles. The van der Waals surface area contributed by atoms with Crippen LogP contribution in [0.4, 0.5) is 0 Å². The van der Waals surface area contributed by atoms with Gasteiger partial charge in [0.1, 0.15) is 0 Å². The summed E-state index contributed by atoms with van der Waals surface area (Å²) in [7, 11) is 6.01. The van der Waals surface area contributed by atoms with Crippen molar-refractivity contribution in [1.29, 1.82) is 0 Å². The van der Waals surface area contributed by atoms with Crippen LogP contribution in [0.1, 0.15) is 11.2 Å². The monoisotopic (exact) mass is 327 g/mol. The van der Waals surface area contributed by atoms with E-state index >= 15 is 0 Å². The molecule has 1 aromatic heterocycles. The molecule has 3 aromatic rings. The number of carbonyl (C=O) groups excluding carboxylic acids is 1. The standard InChI is InChI=1S/C18H21N3OS/c1-19(2)13-12-18(22)21-15-9-5-4-8-14(15)20(3)23-17-11-7-6-10-16(17)21/h4-11H,12-13H2,1-3H3. The summed E-state index contributed by atoms with van der Waals surface area (Å²) >= 11 is 1.65. The number of aromatic nitrogens is 2. The molecule has 23 heavy (non-hydrogen) atoms. The number of fused-ring (bicyclic) bond motifs is 2. The molecule has 0 aliphatic carbocycles. The zero-order chi connectivity index (χ0) is 16.4. The lowest BCUT2D eigenvalue weighted by Gasteiger charge is -2.12. The molecule has 4 nitrogen and oxygen atoms in total. The third-order valence-corrected chi connectivity index (χ3v) is 4.84. The summed E-state index contributed by atoms with van der Waals surface area (Å²) in [4.78, 5) is 15.0. The summed E-state index contributed by atoms with van der Waals surface area (Å²) in [5, 5.41) is 0. The lowest BCUT2D eigenvalue weighted by Crippen LogP contribution is -2.20. The highest BCUT2D eigenvalue weighted by Crippen LogP contribution is 2.24. The molecule has 0 spiro atoms. The third kappa shape index (κ3) is 3.16. The van der Waals surface area contributed by atoms with E-state index in [0.717, 1.165) is 27.8 Å². The summed E-state index contributed by atoms with van der Waals surface area (Å²) in [6.07, 6.45) is 0.490. The van der Waals surface area contributed by atoms with Crippen molar-refractivity contribution in [1.82, 2.24) is 13.4 Å². The van der Waals surface area contributed by atoms with Crippen molar-refractivity contribution in [2.24, 2.45) is 7.05 Å². The van der Waals surface area contributed by atoms with Crippen molar-refractivity contribution in [3.8, 4) is 0 Å². The molecule has 0 amide bonds. The maximum Gasteiger partial charge on any atom is 0.232 e. The molecular weight excluding hydrogens is 306 g/mol. The molecule has 0 aliphatic rings. The SMILES string of the molecule is CN(C)CCC(=O)n1c2ccccc2sn(C)c2ccccc21. The second kappa shape index (κ2) is 6.56.